The number of amides is 1. The van der Waals surface area contributed by atoms with E-state index in [0.29, 0.717) is 23.9 Å². The largest absolute Gasteiger partial charge is 0.334 e. The van der Waals surface area contributed by atoms with Crippen molar-refractivity contribution in [3.8, 4) is 0 Å². The van der Waals surface area contributed by atoms with Gasteiger partial charge in [0.05, 0.1) is 0 Å². The van der Waals surface area contributed by atoms with Gasteiger partial charge in [-0.05, 0) is 26.0 Å². The zero-order chi connectivity index (χ0) is 12.1. The van der Waals surface area contributed by atoms with Gasteiger partial charge in [-0.1, -0.05) is 29.8 Å². The average molecular weight is 239 g/mol. The molecular weight excluding hydrogens is 224 g/mol. The maximum atomic E-state index is 12.0. The number of carbonyl (C=O) groups is 1. The minimum Gasteiger partial charge on any atom is -0.334 e. The van der Waals surface area contributed by atoms with Gasteiger partial charge < -0.3 is 4.90 Å². The first-order valence-corrected chi connectivity index (χ1v) is 5.48. The number of hydrogen-bond acceptors (Lipinski definition) is 2. The highest BCUT2D eigenvalue weighted by atomic mass is 35.5. The molecular formula is C12H15ClN2O. The van der Waals surface area contributed by atoms with Crippen LogP contribution in [0.2, 0.25) is 5.15 Å². The standard InChI is InChI=1S/C12H15ClN2O/c1-4-15(8-9(2)3)12(16)10-6-5-7-11(13)14-10/h5-7H,2,4,8H2,1,3H3. The minimum atomic E-state index is -0.118. The van der Waals surface area contributed by atoms with Crippen LogP contribution in [-0.4, -0.2) is 28.9 Å². The average Bonchev–Trinajstić information content (AvgIpc) is 2.24. The highest BCUT2D eigenvalue weighted by Crippen LogP contribution is 2.08. The second kappa shape index (κ2) is 5.66. The molecule has 0 saturated carbocycles. The van der Waals surface area contributed by atoms with Crippen molar-refractivity contribution in [2.24, 2.45) is 0 Å². The summed E-state index contributed by atoms with van der Waals surface area (Å²) < 4.78 is 0. The molecule has 1 rings (SSSR count). The van der Waals surface area contributed by atoms with Gasteiger partial charge in [0.2, 0.25) is 0 Å². The summed E-state index contributed by atoms with van der Waals surface area (Å²) >= 11 is 5.74. The first kappa shape index (κ1) is 12.7. The molecule has 0 fully saturated rings. The molecule has 16 heavy (non-hydrogen) atoms. The van der Waals surface area contributed by atoms with Crippen molar-refractivity contribution in [3.05, 3.63) is 41.2 Å². The lowest BCUT2D eigenvalue weighted by Gasteiger charge is -2.20. The first-order valence-electron chi connectivity index (χ1n) is 5.10. The molecule has 0 aliphatic carbocycles. The summed E-state index contributed by atoms with van der Waals surface area (Å²) in [6.45, 7) is 8.78. The molecule has 1 aromatic heterocycles. The Balaban J connectivity index is 2.86. The van der Waals surface area contributed by atoms with E-state index in [1.807, 2.05) is 13.8 Å². The smallest absolute Gasteiger partial charge is 0.272 e. The molecule has 0 unspecified atom stereocenters. The Hall–Kier alpha value is -1.35. The van der Waals surface area contributed by atoms with Crippen LogP contribution in [0.1, 0.15) is 24.3 Å². The Bertz CT molecular complexity index is 404. The first-order chi connectivity index (χ1) is 7.54. The van der Waals surface area contributed by atoms with Gasteiger partial charge in [0.1, 0.15) is 10.8 Å². The Morgan fingerprint density at radius 1 is 1.56 bits per heavy atom. The predicted molar refractivity (Wildman–Crippen MR) is 65.6 cm³/mol. The van der Waals surface area contributed by atoms with Crippen molar-refractivity contribution < 1.29 is 4.79 Å². The van der Waals surface area contributed by atoms with E-state index in [9.17, 15) is 4.79 Å². The number of halogens is 1. The number of pyridine rings is 1. The molecule has 3 nitrogen and oxygen atoms in total. The van der Waals surface area contributed by atoms with Gasteiger partial charge in [-0.3, -0.25) is 4.79 Å². The van der Waals surface area contributed by atoms with Gasteiger partial charge >= 0.3 is 0 Å². The second-order valence-corrected chi connectivity index (χ2v) is 4.01. The van der Waals surface area contributed by atoms with E-state index in [2.05, 4.69) is 11.6 Å². The van der Waals surface area contributed by atoms with E-state index in [1.54, 1.807) is 23.1 Å². The fraction of sp³-hybridized carbons (Fsp3) is 0.333. The quantitative estimate of drug-likeness (QED) is 0.597. The molecule has 0 saturated heterocycles. The van der Waals surface area contributed by atoms with Gasteiger partial charge in [0, 0.05) is 13.1 Å². The van der Waals surface area contributed by atoms with Gasteiger partial charge in [-0.25, -0.2) is 4.98 Å². The van der Waals surface area contributed by atoms with Crippen LogP contribution in [0.15, 0.2) is 30.4 Å². The topological polar surface area (TPSA) is 33.2 Å². The van der Waals surface area contributed by atoms with Gasteiger partial charge in [0.25, 0.3) is 5.91 Å². The molecule has 4 heteroatoms. The maximum absolute atomic E-state index is 12.0. The van der Waals surface area contributed by atoms with Crippen LogP contribution < -0.4 is 0 Å². The van der Waals surface area contributed by atoms with E-state index >= 15 is 0 Å². The third-order valence-corrected chi connectivity index (χ3v) is 2.27. The maximum Gasteiger partial charge on any atom is 0.272 e. The predicted octanol–water partition coefficient (Wildman–Crippen LogP) is 2.77. The summed E-state index contributed by atoms with van der Waals surface area (Å²) in [5, 5.41) is 0.331. The number of hydrogen-bond donors (Lipinski definition) is 0. The Kier molecular flexibility index (Phi) is 4.50. The molecule has 0 N–H and O–H groups in total. The third kappa shape index (κ3) is 3.35. The van der Waals surface area contributed by atoms with Crippen LogP contribution in [0.5, 0.6) is 0 Å². The number of nitrogens with zero attached hydrogens (tertiary/aromatic N) is 2. The summed E-state index contributed by atoms with van der Waals surface area (Å²) in [5.41, 5.74) is 1.31. The summed E-state index contributed by atoms with van der Waals surface area (Å²) in [4.78, 5) is 17.7. The SMILES string of the molecule is C=C(C)CN(CC)C(=O)c1cccc(Cl)n1. The zero-order valence-electron chi connectivity index (χ0n) is 9.53. The summed E-state index contributed by atoms with van der Waals surface area (Å²) in [7, 11) is 0. The molecule has 0 aromatic carbocycles. The van der Waals surface area contributed by atoms with Crippen LogP contribution in [0.4, 0.5) is 0 Å². The van der Waals surface area contributed by atoms with Crippen molar-refractivity contribution in [3.63, 3.8) is 0 Å². The van der Waals surface area contributed by atoms with Crippen LogP contribution in [-0.2, 0) is 0 Å². The van der Waals surface area contributed by atoms with Gasteiger partial charge in [-0.15, -0.1) is 0 Å². The Morgan fingerprint density at radius 3 is 2.75 bits per heavy atom. The van der Waals surface area contributed by atoms with Crippen LogP contribution in [0, 0.1) is 0 Å². The van der Waals surface area contributed by atoms with Crippen LogP contribution >= 0.6 is 11.6 Å². The molecule has 1 heterocycles. The van der Waals surface area contributed by atoms with Crippen molar-refractivity contribution in [1.82, 2.24) is 9.88 Å². The molecule has 0 aliphatic rings. The van der Waals surface area contributed by atoms with Crippen LogP contribution in [0.25, 0.3) is 0 Å². The number of likely N-dealkylation sites (N-methyl/N-ethyl adjacent to an activating group) is 1. The lowest BCUT2D eigenvalue weighted by atomic mass is 10.2. The highest BCUT2D eigenvalue weighted by molar-refractivity contribution is 6.29. The molecule has 1 amide bonds. The van der Waals surface area contributed by atoms with E-state index in [0.717, 1.165) is 5.57 Å². The fourth-order valence-corrected chi connectivity index (χ4v) is 1.51. The Labute approximate surface area is 101 Å². The fourth-order valence-electron chi connectivity index (χ4n) is 1.34. The summed E-state index contributed by atoms with van der Waals surface area (Å²) in [6, 6.07) is 5.03. The molecule has 0 atom stereocenters. The molecule has 1 aromatic rings. The van der Waals surface area contributed by atoms with Gasteiger partial charge in [-0.2, -0.15) is 0 Å². The molecule has 0 bridgehead atoms. The molecule has 0 radical (unpaired) electrons. The second-order valence-electron chi connectivity index (χ2n) is 3.62. The van der Waals surface area contributed by atoms with E-state index in [1.165, 1.54) is 0 Å². The van der Waals surface area contributed by atoms with E-state index < -0.39 is 0 Å². The number of rotatable bonds is 4. The molecule has 86 valence electrons. The lowest BCUT2D eigenvalue weighted by Crippen LogP contribution is -2.32. The monoisotopic (exact) mass is 238 g/mol. The molecule has 0 aliphatic heterocycles. The normalized spacial score (nSPS) is 9.94. The van der Waals surface area contributed by atoms with Crippen molar-refractivity contribution in [2.75, 3.05) is 13.1 Å². The van der Waals surface area contributed by atoms with Crippen molar-refractivity contribution in [2.45, 2.75) is 13.8 Å². The third-order valence-electron chi connectivity index (χ3n) is 2.06. The zero-order valence-corrected chi connectivity index (χ0v) is 10.3. The van der Waals surface area contributed by atoms with E-state index in [-0.39, 0.29) is 5.91 Å². The number of carbonyl (C=O) groups excluding carboxylic acids is 1. The van der Waals surface area contributed by atoms with Gasteiger partial charge in [0.15, 0.2) is 0 Å². The van der Waals surface area contributed by atoms with Crippen molar-refractivity contribution >= 4 is 17.5 Å². The summed E-state index contributed by atoms with van der Waals surface area (Å²) in [5.74, 6) is -0.118. The minimum absolute atomic E-state index is 0.118. The van der Waals surface area contributed by atoms with E-state index in [4.69, 9.17) is 11.6 Å². The number of aromatic nitrogens is 1. The van der Waals surface area contributed by atoms with Crippen molar-refractivity contribution in [1.29, 1.82) is 0 Å². The molecule has 0 spiro atoms. The van der Waals surface area contributed by atoms with Crippen LogP contribution in [0.3, 0.4) is 0 Å². The Morgan fingerprint density at radius 2 is 2.25 bits per heavy atom. The summed E-state index contributed by atoms with van der Waals surface area (Å²) in [6.07, 6.45) is 0. The highest BCUT2D eigenvalue weighted by Gasteiger charge is 2.15. The lowest BCUT2D eigenvalue weighted by molar-refractivity contribution is 0.0772.